The highest BCUT2D eigenvalue weighted by Crippen LogP contribution is 2.31. The number of nitrogens with one attached hydrogen (secondary N) is 1. The Hall–Kier alpha value is -5.52. The minimum absolute atomic E-state index is 0.0715. The Morgan fingerprint density at radius 1 is 1.05 bits per heavy atom. The van der Waals surface area contributed by atoms with Crippen LogP contribution in [0.1, 0.15) is 21.5 Å². The molecule has 0 unspecified atom stereocenters. The number of hydrogen-bond donors (Lipinski definition) is 2. The molecule has 0 radical (unpaired) electrons. The molecule has 3 aromatic carbocycles. The fourth-order valence-corrected chi connectivity index (χ4v) is 3.60. The van der Waals surface area contributed by atoms with E-state index >= 15 is 0 Å². The van der Waals surface area contributed by atoms with E-state index in [-0.39, 0.29) is 34.9 Å². The zero-order chi connectivity index (χ0) is 27.4. The zero-order valence-electron chi connectivity index (χ0n) is 19.7. The Bertz CT molecular complexity index is 1500. The highest BCUT2D eigenvalue weighted by Gasteiger charge is 2.37. The van der Waals surface area contributed by atoms with Gasteiger partial charge in [-0.25, -0.2) is 14.5 Å². The van der Waals surface area contributed by atoms with Gasteiger partial charge < -0.3 is 14.6 Å². The fourth-order valence-electron chi connectivity index (χ4n) is 3.60. The molecular formula is C26H19N3O9. The number of rotatable bonds is 8. The number of urea groups is 1. The van der Waals surface area contributed by atoms with E-state index in [2.05, 4.69) is 5.32 Å². The molecule has 2 N–H and O–H groups in total. The van der Waals surface area contributed by atoms with Crippen LogP contribution >= 0.6 is 0 Å². The summed E-state index contributed by atoms with van der Waals surface area (Å²) < 4.78 is 11.1. The molecule has 4 rings (SSSR count). The van der Waals surface area contributed by atoms with Crippen molar-refractivity contribution < 1.29 is 38.7 Å². The number of carbonyl (C=O) groups is 4. The van der Waals surface area contributed by atoms with Crippen molar-refractivity contribution in [1.29, 1.82) is 0 Å². The first-order valence-electron chi connectivity index (χ1n) is 11.0. The number of carbonyl (C=O) groups excluding carboxylic acids is 3. The Kier molecular flexibility index (Phi) is 7.15. The van der Waals surface area contributed by atoms with E-state index in [0.29, 0.717) is 16.2 Å². The van der Waals surface area contributed by atoms with Gasteiger partial charge in [-0.05, 0) is 47.5 Å². The molecule has 1 aliphatic heterocycles. The Labute approximate surface area is 214 Å². The normalized spacial score (nSPS) is 14.3. The lowest BCUT2D eigenvalue weighted by Gasteiger charge is -2.26. The van der Waals surface area contributed by atoms with Crippen LogP contribution in [0.15, 0.2) is 72.3 Å². The van der Waals surface area contributed by atoms with Crippen LogP contribution < -0.4 is 19.7 Å². The highest BCUT2D eigenvalue weighted by atomic mass is 16.6. The summed E-state index contributed by atoms with van der Waals surface area (Å²) in [6.07, 6.45) is 1.26. The maximum absolute atomic E-state index is 13.1. The second-order valence-electron chi connectivity index (χ2n) is 7.94. The van der Waals surface area contributed by atoms with Crippen molar-refractivity contribution in [2.45, 2.75) is 6.61 Å². The van der Waals surface area contributed by atoms with Gasteiger partial charge in [0, 0.05) is 12.1 Å². The fraction of sp³-hybridized carbons (Fsp3) is 0.0769. The number of amides is 4. The van der Waals surface area contributed by atoms with Gasteiger partial charge in [-0.15, -0.1) is 0 Å². The molecule has 1 saturated heterocycles. The standard InChI is InChI=1S/C26H19N3O9/c1-37-22-12-16(7-10-21(22)38-14-15-5-8-17(9-6-15)25(32)33)11-20-23(30)27-26(34)28(24(20)31)18-3-2-4-19(13-18)29(35)36/h2-13H,14H2,1H3,(H,32,33)(H,27,30,34)/b20-11+. The number of anilines is 1. The summed E-state index contributed by atoms with van der Waals surface area (Å²) in [5.74, 6) is -2.28. The highest BCUT2D eigenvalue weighted by molar-refractivity contribution is 6.39. The summed E-state index contributed by atoms with van der Waals surface area (Å²) >= 11 is 0. The molecule has 38 heavy (non-hydrogen) atoms. The molecule has 4 amide bonds. The molecule has 12 heteroatoms. The van der Waals surface area contributed by atoms with Gasteiger partial charge in [-0.3, -0.25) is 25.0 Å². The van der Waals surface area contributed by atoms with E-state index in [1.54, 1.807) is 24.3 Å². The Morgan fingerprint density at radius 2 is 1.79 bits per heavy atom. The molecular weight excluding hydrogens is 498 g/mol. The predicted octanol–water partition coefficient (Wildman–Crippen LogP) is 3.55. The van der Waals surface area contributed by atoms with Crippen molar-refractivity contribution in [3.8, 4) is 11.5 Å². The number of nitro benzene ring substituents is 1. The lowest BCUT2D eigenvalue weighted by atomic mass is 10.1. The topological polar surface area (TPSA) is 165 Å². The van der Waals surface area contributed by atoms with Crippen LogP contribution in [0, 0.1) is 10.1 Å². The van der Waals surface area contributed by atoms with Crippen LogP contribution in [-0.2, 0) is 16.2 Å². The molecule has 3 aromatic rings. The summed E-state index contributed by atoms with van der Waals surface area (Å²) in [4.78, 5) is 60.0. The minimum Gasteiger partial charge on any atom is -0.493 e. The molecule has 0 spiro atoms. The van der Waals surface area contributed by atoms with E-state index in [4.69, 9.17) is 14.6 Å². The van der Waals surface area contributed by atoms with Gasteiger partial charge in [0.2, 0.25) is 0 Å². The number of non-ortho nitro benzene ring substituents is 1. The number of barbiturate groups is 1. The predicted molar refractivity (Wildman–Crippen MR) is 133 cm³/mol. The number of aromatic carboxylic acids is 1. The number of hydrogen-bond acceptors (Lipinski definition) is 8. The number of nitro groups is 1. The summed E-state index contributed by atoms with van der Waals surface area (Å²) in [6, 6.07) is 14.7. The number of methoxy groups -OCH3 is 1. The van der Waals surface area contributed by atoms with Crippen molar-refractivity contribution in [1.82, 2.24) is 5.32 Å². The summed E-state index contributed by atoms with van der Waals surface area (Å²) in [5.41, 5.74) is 0.480. The number of carboxylic acids is 1. The Morgan fingerprint density at radius 3 is 2.45 bits per heavy atom. The summed E-state index contributed by atoms with van der Waals surface area (Å²) in [6.45, 7) is 0.123. The number of benzene rings is 3. The molecule has 0 saturated carbocycles. The van der Waals surface area contributed by atoms with E-state index in [9.17, 15) is 29.3 Å². The SMILES string of the molecule is COc1cc(/C=C2\C(=O)NC(=O)N(c3cccc([N+](=O)[O-])c3)C2=O)ccc1OCc1ccc(C(=O)O)cc1. The van der Waals surface area contributed by atoms with E-state index in [0.717, 1.165) is 11.6 Å². The lowest BCUT2D eigenvalue weighted by Crippen LogP contribution is -2.54. The number of imide groups is 2. The second-order valence-corrected chi connectivity index (χ2v) is 7.94. The first-order chi connectivity index (χ1) is 18.2. The van der Waals surface area contributed by atoms with Crippen LogP contribution in [0.2, 0.25) is 0 Å². The van der Waals surface area contributed by atoms with Crippen LogP contribution in [-0.4, -0.2) is 41.0 Å². The molecule has 0 aromatic heterocycles. The third kappa shape index (κ3) is 5.33. The molecule has 12 nitrogen and oxygen atoms in total. The minimum atomic E-state index is -1.04. The van der Waals surface area contributed by atoms with Crippen LogP contribution in [0.4, 0.5) is 16.2 Å². The van der Waals surface area contributed by atoms with E-state index in [1.807, 2.05) is 0 Å². The zero-order valence-corrected chi connectivity index (χ0v) is 19.7. The van der Waals surface area contributed by atoms with Gasteiger partial charge >= 0.3 is 12.0 Å². The average molecular weight is 517 g/mol. The summed E-state index contributed by atoms with van der Waals surface area (Å²) in [7, 11) is 1.40. The maximum Gasteiger partial charge on any atom is 0.335 e. The van der Waals surface area contributed by atoms with Gasteiger partial charge in [0.1, 0.15) is 12.2 Å². The molecule has 0 aliphatic carbocycles. The quantitative estimate of drug-likeness (QED) is 0.197. The smallest absolute Gasteiger partial charge is 0.335 e. The van der Waals surface area contributed by atoms with Crippen LogP contribution in [0.5, 0.6) is 11.5 Å². The first kappa shape index (κ1) is 25.6. The monoisotopic (exact) mass is 517 g/mol. The van der Waals surface area contributed by atoms with Gasteiger partial charge in [0.05, 0.1) is 23.3 Å². The van der Waals surface area contributed by atoms with Crippen LogP contribution in [0.3, 0.4) is 0 Å². The number of nitrogens with zero attached hydrogens (tertiary/aromatic N) is 2. The van der Waals surface area contributed by atoms with Gasteiger partial charge in [-0.1, -0.05) is 24.3 Å². The van der Waals surface area contributed by atoms with Crippen molar-refractivity contribution in [3.05, 3.63) is 99.1 Å². The first-order valence-corrected chi connectivity index (χ1v) is 11.0. The van der Waals surface area contributed by atoms with Crippen molar-refractivity contribution in [3.63, 3.8) is 0 Å². The molecule has 1 fully saturated rings. The average Bonchev–Trinajstić information content (AvgIpc) is 2.90. The summed E-state index contributed by atoms with van der Waals surface area (Å²) in [5, 5.41) is 22.2. The third-order valence-corrected chi connectivity index (χ3v) is 5.49. The molecule has 192 valence electrons. The lowest BCUT2D eigenvalue weighted by molar-refractivity contribution is -0.384. The van der Waals surface area contributed by atoms with Crippen molar-refractivity contribution in [2.24, 2.45) is 0 Å². The van der Waals surface area contributed by atoms with Gasteiger partial charge in [-0.2, -0.15) is 0 Å². The van der Waals surface area contributed by atoms with Crippen molar-refractivity contribution >= 4 is 41.3 Å². The second kappa shape index (κ2) is 10.6. The van der Waals surface area contributed by atoms with Gasteiger partial charge in [0.15, 0.2) is 11.5 Å². The van der Waals surface area contributed by atoms with E-state index < -0.39 is 28.7 Å². The van der Waals surface area contributed by atoms with Gasteiger partial charge in [0.25, 0.3) is 17.5 Å². The Balaban J connectivity index is 1.57. The number of ether oxygens (including phenoxy) is 2. The van der Waals surface area contributed by atoms with E-state index in [1.165, 1.54) is 49.6 Å². The molecule has 0 atom stereocenters. The molecule has 0 bridgehead atoms. The number of carboxylic acid groups (broad SMARTS) is 1. The largest absolute Gasteiger partial charge is 0.493 e. The molecule has 1 heterocycles. The van der Waals surface area contributed by atoms with Crippen molar-refractivity contribution in [2.75, 3.05) is 12.0 Å². The van der Waals surface area contributed by atoms with Crippen LogP contribution in [0.25, 0.3) is 6.08 Å². The molecule has 1 aliphatic rings. The third-order valence-electron chi connectivity index (χ3n) is 5.49. The maximum atomic E-state index is 13.1.